The summed E-state index contributed by atoms with van der Waals surface area (Å²) in [6.45, 7) is 6.33. The van der Waals surface area contributed by atoms with Gasteiger partial charge in [-0.3, -0.25) is 4.99 Å². The average molecular weight is 549 g/mol. The Kier molecular flexibility index (Phi) is 14.9. The molecule has 158 valence electrons. The predicted molar refractivity (Wildman–Crippen MR) is 131 cm³/mol. The third-order valence-corrected chi connectivity index (χ3v) is 8.25. The first kappa shape index (κ1) is 27.0. The van der Waals surface area contributed by atoms with Crippen LogP contribution in [0.4, 0.5) is 0 Å². The van der Waals surface area contributed by atoms with Crippen molar-refractivity contribution in [1.29, 1.82) is 0 Å². The molecule has 10 heteroatoms. The molecular weight excluding hydrogens is 515 g/mol. The van der Waals surface area contributed by atoms with Gasteiger partial charge in [0.25, 0.3) is 10.0 Å². The van der Waals surface area contributed by atoms with Crippen LogP contribution in [0, 0.1) is 0 Å². The van der Waals surface area contributed by atoms with E-state index in [4.69, 9.17) is 0 Å². The van der Waals surface area contributed by atoms with E-state index in [1.54, 1.807) is 13.1 Å². The van der Waals surface area contributed by atoms with E-state index >= 15 is 0 Å². The highest BCUT2D eigenvalue weighted by atomic mass is 127. The molecule has 0 spiro atoms. The zero-order chi connectivity index (χ0) is 19.4. The number of nitrogens with zero attached hydrogens (tertiary/aromatic N) is 2. The third-order valence-electron chi connectivity index (χ3n) is 3.89. The topological polar surface area (TPSA) is 73.8 Å². The molecule has 1 rings (SSSR count). The van der Waals surface area contributed by atoms with Crippen LogP contribution in [0.25, 0.3) is 0 Å². The SMILES string of the molecule is CCN(CC)S(=O)(=O)c1ccc(CCNC(=NC)NCCCCSC)s1.I. The average Bonchev–Trinajstić information content (AvgIpc) is 3.10. The fourth-order valence-corrected chi connectivity index (χ4v) is 5.89. The second-order valence-electron chi connectivity index (χ2n) is 5.69. The largest absolute Gasteiger partial charge is 0.356 e. The molecule has 6 nitrogen and oxygen atoms in total. The molecule has 1 aromatic heterocycles. The molecule has 0 radical (unpaired) electrons. The quantitative estimate of drug-likeness (QED) is 0.182. The van der Waals surface area contributed by atoms with Crippen LogP contribution in [0.1, 0.15) is 31.6 Å². The highest BCUT2D eigenvalue weighted by molar-refractivity contribution is 14.0. The third kappa shape index (κ3) is 9.33. The molecule has 0 atom stereocenters. The molecule has 0 saturated heterocycles. The van der Waals surface area contributed by atoms with E-state index in [-0.39, 0.29) is 24.0 Å². The van der Waals surface area contributed by atoms with Crippen molar-refractivity contribution in [3.8, 4) is 0 Å². The number of aliphatic imine (C=N–C) groups is 1. The zero-order valence-corrected chi connectivity index (χ0v) is 21.4. The van der Waals surface area contributed by atoms with Crippen LogP contribution in [-0.2, 0) is 16.4 Å². The van der Waals surface area contributed by atoms with Gasteiger partial charge in [-0.05, 0) is 43.4 Å². The lowest BCUT2D eigenvalue weighted by Gasteiger charge is -2.16. The van der Waals surface area contributed by atoms with Crippen molar-refractivity contribution in [2.24, 2.45) is 4.99 Å². The Morgan fingerprint density at radius 2 is 1.85 bits per heavy atom. The molecule has 0 aromatic carbocycles. The molecule has 2 N–H and O–H groups in total. The maximum Gasteiger partial charge on any atom is 0.252 e. The summed E-state index contributed by atoms with van der Waals surface area (Å²) in [5.74, 6) is 1.98. The first-order valence-corrected chi connectivity index (χ1v) is 12.7. The van der Waals surface area contributed by atoms with E-state index in [1.807, 2.05) is 31.7 Å². The lowest BCUT2D eigenvalue weighted by Crippen LogP contribution is -2.38. The summed E-state index contributed by atoms with van der Waals surface area (Å²) in [5.41, 5.74) is 0. The van der Waals surface area contributed by atoms with Gasteiger partial charge in [-0.1, -0.05) is 13.8 Å². The van der Waals surface area contributed by atoms with Crippen molar-refractivity contribution in [2.75, 3.05) is 45.2 Å². The van der Waals surface area contributed by atoms with Crippen LogP contribution >= 0.6 is 47.1 Å². The van der Waals surface area contributed by atoms with Crippen molar-refractivity contribution < 1.29 is 8.42 Å². The fourth-order valence-electron chi connectivity index (χ4n) is 2.42. The number of sulfonamides is 1. The summed E-state index contributed by atoms with van der Waals surface area (Å²) in [6.07, 6.45) is 5.21. The molecule has 0 aliphatic heterocycles. The summed E-state index contributed by atoms with van der Waals surface area (Å²) in [6, 6.07) is 3.62. The van der Waals surface area contributed by atoms with Crippen molar-refractivity contribution in [2.45, 2.75) is 37.3 Å². The van der Waals surface area contributed by atoms with E-state index in [9.17, 15) is 8.42 Å². The Hall–Kier alpha value is -0.0400. The van der Waals surface area contributed by atoms with E-state index in [0.717, 1.165) is 36.8 Å². The minimum atomic E-state index is -3.35. The maximum absolute atomic E-state index is 12.5. The van der Waals surface area contributed by atoms with Crippen molar-refractivity contribution >= 4 is 63.1 Å². The highest BCUT2D eigenvalue weighted by Gasteiger charge is 2.23. The number of nitrogens with one attached hydrogen (secondary N) is 2. The molecule has 27 heavy (non-hydrogen) atoms. The highest BCUT2D eigenvalue weighted by Crippen LogP contribution is 2.25. The van der Waals surface area contributed by atoms with Gasteiger partial charge in [0, 0.05) is 38.1 Å². The summed E-state index contributed by atoms with van der Waals surface area (Å²) in [5, 5.41) is 6.59. The number of thiophene rings is 1. The van der Waals surface area contributed by atoms with Gasteiger partial charge in [0.05, 0.1) is 0 Å². The summed E-state index contributed by atoms with van der Waals surface area (Å²) in [7, 11) is -1.59. The molecule has 0 aliphatic carbocycles. The van der Waals surface area contributed by atoms with Crippen LogP contribution < -0.4 is 10.6 Å². The Morgan fingerprint density at radius 3 is 2.44 bits per heavy atom. The van der Waals surface area contributed by atoms with E-state index in [2.05, 4.69) is 21.9 Å². The monoisotopic (exact) mass is 548 g/mol. The van der Waals surface area contributed by atoms with Gasteiger partial charge < -0.3 is 10.6 Å². The molecule has 1 heterocycles. The fraction of sp³-hybridized carbons (Fsp3) is 0.706. The minimum Gasteiger partial charge on any atom is -0.356 e. The van der Waals surface area contributed by atoms with Gasteiger partial charge >= 0.3 is 0 Å². The number of thioether (sulfide) groups is 1. The number of halogens is 1. The molecule has 0 fully saturated rings. The smallest absolute Gasteiger partial charge is 0.252 e. The van der Waals surface area contributed by atoms with E-state index in [1.165, 1.54) is 27.8 Å². The second kappa shape index (κ2) is 14.9. The Morgan fingerprint density at radius 1 is 1.19 bits per heavy atom. The maximum atomic E-state index is 12.5. The van der Waals surface area contributed by atoms with Crippen molar-refractivity contribution in [3.63, 3.8) is 0 Å². The van der Waals surface area contributed by atoms with Crippen molar-refractivity contribution in [3.05, 3.63) is 17.0 Å². The molecular formula is C17H33IN4O2S3. The lowest BCUT2D eigenvalue weighted by atomic mass is 10.3. The Balaban J connectivity index is 0.00000676. The number of hydrogen-bond acceptors (Lipinski definition) is 5. The van der Waals surface area contributed by atoms with Gasteiger partial charge in [0.15, 0.2) is 5.96 Å². The summed E-state index contributed by atoms with van der Waals surface area (Å²) in [4.78, 5) is 5.27. The van der Waals surface area contributed by atoms with Gasteiger partial charge in [-0.2, -0.15) is 16.1 Å². The second-order valence-corrected chi connectivity index (χ2v) is 10.0. The van der Waals surface area contributed by atoms with Crippen LogP contribution in [0.5, 0.6) is 0 Å². The van der Waals surface area contributed by atoms with Gasteiger partial charge in [-0.25, -0.2) is 8.42 Å². The molecule has 0 saturated carbocycles. The van der Waals surface area contributed by atoms with Crippen LogP contribution in [0.2, 0.25) is 0 Å². The van der Waals surface area contributed by atoms with Crippen molar-refractivity contribution in [1.82, 2.24) is 14.9 Å². The first-order chi connectivity index (χ1) is 12.5. The molecule has 0 aliphatic rings. The lowest BCUT2D eigenvalue weighted by molar-refractivity contribution is 0.447. The Labute approximate surface area is 190 Å². The number of rotatable bonds is 12. The zero-order valence-electron chi connectivity index (χ0n) is 16.7. The molecule has 0 amide bonds. The van der Waals surface area contributed by atoms with Crippen LogP contribution in [0.3, 0.4) is 0 Å². The number of guanidine groups is 1. The summed E-state index contributed by atoms with van der Waals surface area (Å²) >= 11 is 3.22. The van der Waals surface area contributed by atoms with Crippen LogP contribution in [-0.4, -0.2) is 63.9 Å². The van der Waals surface area contributed by atoms with Gasteiger partial charge in [0.2, 0.25) is 0 Å². The predicted octanol–water partition coefficient (Wildman–Crippen LogP) is 3.25. The van der Waals surface area contributed by atoms with Crippen LogP contribution in [0.15, 0.2) is 21.3 Å². The number of unbranched alkanes of at least 4 members (excludes halogenated alkanes) is 1. The van der Waals surface area contributed by atoms with Gasteiger partial charge in [-0.15, -0.1) is 35.3 Å². The molecule has 1 aromatic rings. The summed E-state index contributed by atoms with van der Waals surface area (Å²) < 4.78 is 27.0. The minimum absolute atomic E-state index is 0. The molecule has 0 bridgehead atoms. The number of hydrogen-bond donors (Lipinski definition) is 2. The normalized spacial score (nSPS) is 12.1. The van der Waals surface area contributed by atoms with E-state index in [0.29, 0.717) is 17.3 Å². The van der Waals surface area contributed by atoms with Gasteiger partial charge in [0.1, 0.15) is 4.21 Å². The molecule has 0 unspecified atom stereocenters. The van der Waals surface area contributed by atoms with E-state index < -0.39 is 10.0 Å². The standard InChI is InChI=1S/C17H32N4O2S3.HI/c1-5-21(6-2)26(22,23)16-10-9-15(25-16)11-13-20-17(18-3)19-12-7-8-14-24-4;/h9-10H,5-8,11-14H2,1-4H3,(H2,18,19,20);1H. The Bertz CT molecular complexity index is 646. The first-order valence-electron chi connectivity index (χ1n) is 9.01.